The van der Waals surface area contributed by atoms with Crippen molar-refractivity contribution in [3.05, 3.63) is 86.8 Å². The van der Waals surface area contributed by atoms with Crippen LogP contribution >= 0.6 is 22.9 Å². The van der Waals surface area contributed by atoms with Crippen LogP contribution in [0, 0.1) is 17.8 Å². The first kappa shape index (κ1) is 32.7. The maximum Gasteiger partial charge on any atom is 0.262 e. The van der Waals surface area contributed by atoms with Crippen molar-refractivity contribution in [2.24, 2.45) is 17.8 Å². The summed E-state index contributed by atoms with van der Waals surface area (Å²) in [5.41, 5.74) is 2.50. The molecule has 7 rings (SSSR count). The minimum absolute atomic E-state index is 0.0350. The molecule has 1 fully saturated rings. The molecule has 0 radical (unpaired) electrons. The SMILES string of the molecule is C=S1(=O)NC(=O)c2ccc3c(c2)N(C[C@@H]2CC[C@H]2[C@](O)(Cc2nccs2)/C=C/C[C@H](C)[C@H]1C)C[C@@]1(CCCc2cc(Cl)ccc21)CO3. The predicted molar refractivity (Wildman–Crippen MR) is 192 cm³/mol. The van der Waals surface area contributed by atoms with Crippen LogP contribution in [0.2, 0.25) is 5.02 Å². The van der Waals surface area contributed by atoms with Crippen molar-refractivity contribution >= 4 is 50.1 Å². The second kappa shape index (κ2) is 12.6. The van der Waals surface area contributed by atoms with Gasteiger partial charge in [0, 0.05) is 52.3 Å². The van der Waals surface area contributed by atoms with Crippen LogP contribution in [0.25, 0.3) is 0 Å². The summed E-state index contributed by atoms with van der Waals surface area (Å²) in [6.07, 6.45) is 11.8. The normalized spacial score (nSPS) is 34.6. The van der Waals surface area contributed by atoms with Gasteiger partial charge in [0.05, 0.1) is 32.6 Å². The summed E-state index contributed by atoms with van der Waals surface area (Å²) in [6, 6.07) is 11.8. The van der Waals surface area contributed by atoms with Crippen molar-refractivity contribution in [1.29, 1.82) is 0 Å². The van der Waals surface area contributed by atoms with Gasteiger partial charge in [-0.25, -0.2) is 9.19 Å². The van der Waals surface area contributed by atoms with Crippen LogP contribution < -0.4 is 14.4 Å². The number of carbonyl (C=O) groups excluding carboxylic acids is 1. The van der Waals surface area contributed by atoms with Crippen LogP contribution in [0.1, 0.15) is 72.4 Å². The maximum atomic E-state index is 13.8. The zero-order valence-corrected chi connectivity index (χ0v) is 29.5. The van der Waals surface area contributed by atoms with Crippen molar-refractivity contribution < 1.29 is 18.8 Å². The van der Waals surface area contributed by atoms with Gasteiger partial charge in [-0.3, -0.25) is 9.52 Å². The number of amides is 1. The Labute approximate surface area is 287 Å². The quantitative estimate of drug-likeness (QED) is 0.232. The van der Waals surface area contributed by atoms with E-state index in [1.807, 2.05) is 49.6 Å². The molecule has 2 aliphatic heterocycles. The molecule has 7 nitrogen and oxygen atoms in total. The molecule has 1 saturated carbocycles. The van der Waals surface area contributed by atoms with E-state index < -0.39 is 21.2 Å². The number of hydrogen-bond acceptors (Lipinski definition) is 7. The Morgan fingerprint density at radius 1 is 1.23 bits per heavy atom. The molecule has 4 aliphatic rings. The maximum absolute atomic E-state index is 13.8. The number of fused-ring (bicyclic) bond motifs is 4. The first-order valence-electron chi connectivity index (χ1n) is 16.7. The van der Waals surface area contributed by atoms with E-state index in [0.29, 0.717) is 38.1 Å². The molecule has 2 bridgehead atoms. The summed E-state index contributed by atoms with van der Waals surface area (Å²) in [7, 11) is -2.97. The fourth-order valence-electron chi connectivity index (χ4n) is 8.24. The van der Waals surface area contributed by atoms with Crippen LogP contribution in [-0.2, 0) is 28.0 Å². The predicted octanol–water partition coefficient (Wildman–Crippen LogP) is 6.62. The first-order chi connectivity index (χ1) is 22.5. The molecule has 1 amide bonds. The molecule has 2 aromatic carbocycles. The lowest BCUT2D eigenvalue weighted by molar-refractivity contribution is -0.0447. The van der Waals surface area contributed by atoms with Crippen molar-refractivity contribution in [1.82, 2.24) is 9.71 Å². The van der Waals surface area contributed by atoms with Gasteiger partial charge in [-0.1, -0.05) is 36.7 Å². The van der Waals surface area contributed by atoms with E-state index in [4.69, 9.17) is 16.3 Å². The van der Waals surface area contributed by atoms with Gasteiger partial charge in [-0.15, -0.1) is 11.3 Å². The fraction of sp³-hybridized carbons (Fsp3) is 0.486. The standard InChI is InChI=1S/C37H44ClN3O4S2/c1-24-6-4-15-37(43,20-34-39-16-17-46-34)31-11-8-28(31)21-41-22-36(14-5-7-26-18-29(38)10-12-30(26)36)23-45-33-13-9-27(19-32(33)41)35(42)40-47(3,44)25(24)2/h4,9-10,12-13,15-19,24-25,28,31,43H,3,5-8,11,14,20-23H2,1-2H3,(H,40,42,44)/b15-4+/t24-,25+,28-,31+,36-,37+,47?/m0/s1. The summed E-state index contributed by atoms with van der Waals surface area (Å²) in [5, 5.41) is 15.7. The fourth-order valence-corrected chi connectivity index (χ4v) is 10.6. The number of carbonyl (C=O) groups is 1. The summed E-state index contributed by atoms with van der Waals surface area (Å²) in [4.78, 5) is 20.6. The Kier molecular flexibility index (Phi) is 8.73. The molecule has 1 spiro atoms. The molecule has 3 aromatic rings. The van der Waals surface area contributed by atoms with E-state index in [0.717, 1.165) is 53.6 Å². The van der Waals surface area contributed by atoms with Crippen molar-refractivity contribution in [2.75, 3.05) is 24.6 Å². The second-order valence-electron chi connectivity index (χ2n) is 14.3. The topological polar surface area (TPSA) is 91.8 Å². The zero-order chi connectivity index (χ0) is 33.0. The molecule has 10 heteroatoms. The summed E-state index contributed by atoms with van der Waals surface area (Å²) >= 11 is 8.03. The molecule has 1 aromatic heterocycles. The number of thiazole rings is 1. The Hall–Kier alpha value is -2.85. The van der Waals surface area contributed by atoms with Gasteiger partial charge in [0.2, 0.25) is 0 Å². The highest BCUT2D eigenvalue weighted by Crippen LogP contribution is 2.49. The van der Waals surface area contributed by atoms with Gasteiger partial charge in [-0.05, 0) is 111 Å². The number of aromatic nitrogens is 1. The number of aliphatic hydroxyl groups is 1. The highest BCUT2D eigenvalue weighted by atomic mass is 35.5. The van der Waals surface area contributed by atoms with Gasteiger partial charge in [0.15, 0.2) is 0 Å². The van der Waals surface area contributed by atoms with E-state index in [1.54, 1.807) is 23.6 Å². The van der Waals surface area contributed by atoms with Crippen molar-refractivity contribution in [3.63, 3.8) is 0 Å². The molecule has 250 valence electrons. The van der Waals surface area contributed by atoms with E-state index in [2.05, 4.69) is 32.6 Å². The van der Waals surface area contributed by atoms with Gasteiger partial charge in [0.25, 0.3) is 5.91 Å². The summed E-state index contributed by atoms with van der Waals surface area (Å²) in [5.74, 6) is 4.55. The first-order valence-corrected chi connectivity index (χ1v) is 19.8. The van der Waals surface area contributed by atoms with E-state index in [9.17, 15) is 14.1 Å². The van der Waals surface area contributed by atoms with Crippen molar-refractivity contribution in [3.8, 4) is 5.75 Å². The Morgan fingerprint density at radius 2 is 2.09 bits per heavy atom. The van der Waals surface area contributed by atoms with Gasteiger partial charge in [0.1, 0.15) is 5.75 Å². The number of rotatable bonds is 2. The number of allylic oxidation sites excluding steroid dienone is 1. The molecule has 7 atom stereocenters. The number of anilines is 1. The molecule has 2 N–H and O–H groups in total. The Balaban J connectivity index is 1.32. The molecule has 47 heavy (non-hydrogen) atoms. The second-order valence-corrected chi connectivity index (χ2v) is 18.1. The lowest BCUT2D eigenvalue weighted by Gasteiger charge is -2.49. The van der Waals surface area contributed by atoms with E-state index in [-0.39, 0.29) is 28.4 Å². The zero-order valence-electron chi connectivity index (χ0n) is 27.1. The number of hydrogen-bond donors (Lipinski definition) is 2. The third-order valence-corrected chi connectivity index (χ3v) is 14.5. The van der Waals surface area contributed by atoms with Gasteiger partial charge >= 0.3 is 0 Å². The Morgan fingerprint density at radius 3 is 2.85 bits per heavy atom. The summed E-state index contributed by atoms with van der Waals surface area (Å²) < 4.78 is 23.3. The monoisotopic (exact) mass is 693 g/mol. The third-order valence-electron chi connectivity index (χ3n) is 11.3. The highest BCUT2D eigenvalue weighted by Gasteiger charge is 2.48. The average Bonchev–Trinajstić information content (AvgIpc) is 3.47. The number of nitrogens with zero attached hydrogens (tertiary/aromatic N) is 2. The molecule has 3 heterocycles. The molecular weight excluding hydrogens is 650 g/mol. The van der Waals surface area contributed by atoms with Crippen LogP contribution in [-0.4, -0.2) is 56.6 Å². The van der Waals surface area contributed by atoms with Crippen LogP contribution in [0.4, 0.5) is 5.69 Å². The molecule has 1 unspecified atom stereocenters. The van der Waals surface area contributed by atoms with Crippen LogP contribution in [0.15, 0.2) is 60.1 Å². The van der Waals surface area contributed by atoms with E-state index >= 15 is 0 Å². The molecular formula is C37H44ClN3O4S2. The van der Waals surface area contributed by atoms with E-state index in [1.165, 1.54) is 11.1 Å². The smallest absolute Gasteiger partial charge is 0.262 e. The number of nitrogens with one attached hydrogen (secondary N) is 1. The minimum atomic E-state index is -2.97. The lowest BCUT2D eigenvalue weighted by atomic mass is 9.63. The Bertz CT molecular complexity index is 1790. The number of aryl methyl sites for hydroxylation is 1. The molecule has 0 saturated heterocycles. The number of ether oxygens (including phenoxy) is 1. The van der Waals surface area contributed by atoms with Crippen LogP contribution in [0.3, 0.4) is 0 Å². The third kappa shape index (κ3) is 6.25. The average molecular weight is 694 g/mol. The van der Waals surface area contributed by atoms with Gasteiger partial charge in [-0.2, -0.15) is 0 Å². The highest BCUT2D eigenvalue weighted by molar-refractivity contribution is 7.99. The van der Waals surface area contributed by atoms with Crippen LogP contribution in [0.5, 0.6) is 5.75 Å². The lowest BCUT2D eigenvalue weighted by Crippen LogP contribution is -2.53. The minimum Gasteiger partial charge on any atom is -0.490 e. The van der Waals surface area contributed by atoms with Crippen molar-refractivity contribution in [2.45, 2.75) is 75.1 Å². The largest absolute Gasteiger partial charge is 0.490 e. The van der Waals surface area contributed by atoms with Gasteiger partial charge < -0.3 is 14.7 Å². The number of halogens is 1. The summed E-state index contributed by atoms with van der Waals surface area (Å²) in [6.45, 7) is 5.84. The molecule has 2 aliphatic carbocycles. The number of benzene rings is 2.